The fourth-order valence-corrected chi connectivity index (χ4v) is 2.53. The molecule has 0 bridgehead atoms. The van der Waals surface area contributed by atoms with Crippen LogP contribution in [0.4, 0.5) is 4.79 Å². The number of benzene rings is 2. The molecule has 0 saturated heterocycles. The average Bonchev–Trinajstić information content (AvgIpc) is 2.90. The van der Waals surface area contributed by atoms with Gasteiger partial charge < -0.3 is 5.32 Å². The second kappa shape index (κ2) is 5.89. The monoisotopic (exact) mass is 295 g/mol. The Balaban J connectivity index is 1.82. The van der Waals surface area contributed by atoms with Gasteiger partial charge in [0.25, 0.3) is 5.56 Å². The van der Waals surface area contributed by atoms with E-state index in [1.807, 2.05) is 30.3 Å². The van der Waals surface area contributed by atoms with Crippen molar-refractivity contribution in [2.24, 2.45) is 0 Å². The number of H-pyrrole nitrogens is 1. The van der Waals surface area contributed by atoms with Crippen LogP contribution in [0.15, 0.2) is 53.3 Å². The average molecular weight is 295 g/mol. The third-order valence-electron chi connectivity index (χ3n) is 3.73. The molecular formula is C17H17N3O2. The summed E-state index contributed by atoms with van der Waals surface area (Å²) in [5.74, 6) is 0. The van der Waals surface area contributed by atoms with Crippen molar-refractivity contribution >= 4 is 16.9 Å². The summed E-state index contributed by atoms with van der Waals surface area (Å²) in [6.07, 6.45) is 0.901. The maximum Gasteiger partial charge on any atom is 0.343 e. The number of nitrogens with zero attached hydrogens (tertiary/aromatic N) is 1. The lowest BCUT2D eigenvalue weighted by atomic mass is 10.1. The van der Waals surface area contributed by atoms with Crippen molar-refractivity contribution in [3.8, 4) is 0 Å². The zero-order chi connectivity index (χ0) is 15.5. The van der Waals surface area contributed by atoms with Crippen molar-refractivity contribution in [2.75, 3.05) is 0 Å². The summed E-state index contributed by atoms with van der Waals surface area (Å²) in [5, 5.41) is 6.11. The lowest BCUT2D eigenvalue weighted by Gasteiger charge is -2.09. The van der Waals surface area contributed by atoms with Gasteiger partial charge in [0.05, 0.1) is 10.9 Å². The van der Waals surface area contributed by atoms with E-state index >= 15 is 0 Å². The molecule has 0 aliphatic heterocycles. The van der Waals surface area contributed by atoms with Crippen LogP contribution in [0.2, 0.25) is 0 Å². The number of carbonyl (C=O) groups is 1. The minimum atomic E-state index is -0.452. The Morgan fingerprint density at radius 3 is 2.50 bits per heavy atom. The molecule has 3 rings (SSSR count). The van der Waals surface area contributed by atoms with E-state index in [0.29, 0.717) is 17.4 Å². The molecule has 0 aliphatic carbocycles. The molecule has 0 saturated carbocycles. The number of fused-ring (bicyclic) bond motifs is 1. The van der Waals surface area contributed by atoms with Gasteiger partial charge in [-0.2, -0.15) is 4.68 Å². The number of aromatic nitrogens is 2. The van der Waals surface area contributed by atoms with Gasteiger partial charge in [-0.1, -0.05) is 43.3 Å². The van der Waals surface area contributed by atoms with E-state index in [1.54, 1.807) is 18.2 Å². The van der Waals surface area contributed by atoms with E-state index in [4.69, 9.17) is 0 Å². The summed E-state index contributed by atoms with van der Waals surface area (Å²) in [6, 6.07) is 14.5. The molecule has 1 amide bonds. The largest absolute Gasteiger partial charge is 0.343 e. The number of amides is 1. The highest BCUT2D eigenvalue weighted by Crippen LogP contribution is 2.09. The zero-order valence-electron chi connectivity index (χ0n) is 12.3. The molecule has 3 aromatic rings. The molecule has 0 atom stereocenters. The number of nitrogens with one attached hydrogen (secondary N) is 2. The fraction of sp³-hybridized carbons (Fsp3) is 0.176. The number of aromatic amines is 1. The van der Waals surface area contributed by atoms with Gasteiger partial charge in [-0.3, -0.25) is 9.89 Å². The van der Waals surface area contributed by atoms with Gasteiger partial charge in [-0.15, -0.1) is 0 Å². The molecule has 0 unspecified atom stereocenters. The standard InChI is InChI=1S/C17H17N3O2/c1-2-12-7-3-4-8-13(12)11-18-17(22)20-16(21)14-9-5-6-10-15(14)19-20/h3-10,19H,2,11H2,1H3,(H,18,22). The first-order valence-electron chi connectivity index (χ1n) is 7.25. The lowest BCUT2D eigenvalue weighted by molar-refractivity contribution is 0.238. The molecule has 1 heterocycles. The smallest absolute Gasteiger partial charge is 0.332 e. The molecule has 0 spiro atoms. The molecule has 2 N–H and O–H groups in total. The molecule has 5 nitrogen and oxygen atoms in total. The van der Waals surface area contributed by atoms with E-state index in [0.717, 1.165) is 16.7 Å². The van der Waals surface area contributed by atoms with E-state index in [9.17, 15) is 9.59 Å². The third kappa shape index (κ3) is 2.53. The first-order chi connectivity index (χ1) is 10.7. The van der Waals surface area contributed by atoms with E-state index in [1.165, 1.54) is 5.56 Å². The van der Waals surface area contributed by atoms with Gasteiger partial charge in [-0.05, 0) is 29.7 Å². The Hall–Kier alpha value is -2.82. The van der Waals surface area contributed by atoms with E-state index in [-0.39, 0.29) is 5.56 Å². The van der Waals surface area contributed by atoms with Crippen LogP contribution in [0.3, 0.4) is 0 Å². The highest BCUT2D eigenvalue weighted by Gasteiger charge is 2.12. The lowest BCUT2D eigenvalue weighted by Crippen LogP contribution is -2.35. The van der Waals surface area contributed by atoms with Crippen molar-refractivity contribution in [3.63, 3.8) is 0 Å². The minimum absolute atomic E-state index is 0.336. The number of aryl methyl sites for hydroxylation is 1. The predicted molar refractivity (Wildman–Crippen MR) is 86.0 cm³/mol. The number of carbonyl (C=O) groups excluding carboxylic acids is 1. The molecular weight excluding hydrogens is 278 g/mol. The SMILES string of the molecule is CCc1ccccc1CNC(=O)n1[nH]c2ccccc2c1=O. The van der Waals surface area contributed by atoms with Gasteiger partial charge in [0.1, 0.15) is 0 Å². The van der Waals surface area contributed by atoms with Crippen LogP contribution in [0.25, 0.3) is 10.9 Å². The summed E-state index contributed by atoms with van der Waals surface area (Å²) < 4.78 is 1.01. The quantitative estimate of drug-likeness (QED) is 0.780. The topological polar surface area (TPSA) is 66.9 Å². The molecule has 2 aromatic carbocycles. The number of hydrogen-bond acceptors (Lipinski definition) is 2. The molecule has 5 heteroatoms. The van der Waals surface area contributed by atoms with Crippen LogP contribution in [0.5, 0.6) is 0 Å². The summed E-state index contributed by atoms with van der Waals surface area (Å²) in [7, 11) is 0. The Kier molecular flexibility index (Phi) is 3.78. The van der Waals surface area contributed by atoms with Gasteiger partial charge in [0, 0.05) is 6.54 Å². The van der Waals surface area contributed by atoms with Gasteiger partial charge in [-0.25, -0.2) is 4.79 Å². The van der Waals surface area contributed by atoms with Crippen LogP contribution in [-0.4, -0.2) is 15.8 Å². The summed E-state index contributed by atoms with van der Waals surface area (Å²) in [5.41, 5.74) is 2.56. The van der Waals surface area contributed by atoms with Crippen LogP contribution in [0.1, 0.15) is 18.1 Å². The second-order valence-electron chi connectivity index (χ2n) is 5.08. The van der Waals surface area contributed by atoms with Crippen molar-refractivity contribution in [2.45, 2.75) is 19.9 Å². The fourth-order valence-electron chi connectivity index (χ4n) is 2.53. The van der Waals surface area contributed by atoms with E-state index in [2.05, 4.69) is 17.3 Å². The molecule has 22 heavy (non-hydrogen) atoms. The number of hydrogen-bond donors (Lipinski definition) is 2. The molecule has 0 radical (unpaired) electrons. The zero-order valence-corrected chi connectivity index (χ0v) is 12.3. The van der Waals surface area contributed by atoms with Crippen molar-refractivity contribution < 1.29 is 4.79 Å². The molecule has 0 fully saturated rings. The Morgan fingerprint density at radius 1 is 1.09 bits per heavy atom. The first-order valence-corrected chi connectivity index (χ1v) is 7.25. The first kappa shape index (κ1) is 14.1. The molecule has 112 valence electrons. The van der Waals surface area contributed by atoms with Crippen LogP contribution in [0, 0.1) is 0 Å². The summed E-state index contributed by atoms with van der Waals surface area (Å²) in [6.45, 7) is 2.47. The Morgan fingerprint density at radius 2 is 1.77 bits per heavy atom. The van der Waals surface area contributed by atoms with E-state index < -0.39 is 6.03 Å². The molecule has 0 aliphatic rings. The summed E-state index contributed by atoms with van der Waals surface area (Å²) in [4.78, 5) is 24.4. The van der Waals surface area contributed by atoms with Crippen molar-refractivity contribution in [3.05, 3.63) is 70.0 Å². The van der Waals surface area contributed by atoms with Crippen LogP contribution < -0.4 is 10.9 Å². The van der Waals surface area contributed by atoms with Crippen LogP contribution in [-0.2, 0) is 13.0 Å². The third-order valence-corrected chi connectivity index (χ3v) is 3.73. The van der Waals surface area contributed by atoms with Gasteiger partial charge in [0.2, 0.25) is 0 Å². The normalized spacial score (nSPS) is 10.8. The second-order valence-corrected chi connectivity index (χ2v) is 5.08. The highest BCUT2D eigenvalue weighted by atomic mass is 16.2. The highest BCUT2D eigenvalue weighted by molar-refractivity contribution is 5.84. The number of para-hydroxylation sites is 1. The predicted octanol–water partition coefficient (Wildman–Crippen LogP) is 2.65. The Labute approximate surface area is 127 Å². The maximum absolute atomic E-state index is 12.2. The number of rotatable bonds is 3. The Bertz CT molecular complexity index is 877. The van der Waals surface area contributed by atoms with Crippen molar-refractivity contribution in [1.29, 1.82) is 0 Å². The van der Waals surface area contributed by atoms with Crippen molar-refractivity contribution in [1.82, 2.24) is 15.1 Å². The summed E-state index contributed by atoms with van der Waals surface area (Å²) >= 11 is 0. The molecule has 1 aromatic heterocycles. The van der Waals surface area contributed by atoms with Gasteiger partial charge in [0.15, 0.2) is 0 Å². The van der Waals surface area contributed by atoms with Gasteiger partial charge >= 0.3 is 6.03 Å². The minimum Gasteiger partial charge on any atom is -0.332 e. The maximum atomic E-state index is 12.2. The van der Waals surface area contributed by atoms with Crippen LogP contribution >= 0.6 is 0 Å².